The van der Waals surface area contributed by atoms with Crippen LogP contribution in [0.1, 0.15) is 15.9 Å². The number of hydrogen-bond acceptors (Lipinski definition) is 4. The van der Waals surface area contributed by atoms with Gasteiger partial charge >= 0.3 is 0 Å². The zero-order valence-electron chi connectivity index (χ0n) is 14.4. The molecule has 3 rings (SSSR count). The van der Waals surface area contributed by atoms with Gasteiger partial charge in [-0.2, -0.15) is 5.10 Å². The number of nitrogens with one attached hydrogen (secondary N) is 1. The standard InChI is InChI=1S/C19H18ClN3O3/c1-25-16-6-7-17(18(9-16)26-2)19(24)22-15-10-21-23(12-15)11-13-4-3-5-14(20)8-13/h3-10,12H,11H2,1-2H3,(H,22,24). The summed E-state index contributed by atoms with van der Waals surface area (Å²) in [7, 11) is 3.07. The number of methoxy groups -OCH3 is 2. The molecule has 0 saturated heterocycles. The van der Waals surface area contributed by atoms with Crippen LogP contribution in [-0.2, 0) is 6.54 Å². The summed E-state index contributed by atoms with van der Waals surface area (Å²) in [5.41, 5.74) is 2.03. The number of hydrogen-bond donors (Lipinski definition) is 1. The molecule has 0 aliphatic carbocycles. The Kier molecular flexibility index (Phi) is 5.43. The van der Waals surface area contributed by atoms with Gasteiger partial charge in [0.2, 0.25) is 0 Å². The van der Waals surface area contributed by atoms with Crippen LogP contribution in [0.3, 0.4) is 0 Å². The van der Waals surface area contributed by atoms with Gasteiger partial charge in [0.15, 0.2) is 0 Å². The van der Waals surface area contributed by atoms with Crippen LogP contribution in [-0.4, -0.2) is 29.9 Å². The van der Waals surface area contributed by atoms with Gasteiger partial charge in [0, 0.05) is 17.3 Å². The maximum Gasteiger partial charge on any atom is 0.259 e. The Morgan fingerprint density at radius 3 is 2.77 bits per heavy atom. The normalized spacial score (nSPS) is 10.4. The molecule has 26 heavy (non-hydrogen) atoms. The molecule has 1 aromatic heterocycles. The molecule has 0 radical (unpaired) electrons. The van der Waals surface area contributed by atoms with Crippen molar-refractivity contribution in [2.45, 2.75) is 6.54 Å². The van der Waals surface area contributed by atoms with Crippen molar-refractivity contribution >= 4 is 23.2 Å². The third kappa shape index (κ3) is 4.15. The lowest BCUT2D eigenvalue weighted by Gasteiger charge is -2.10. The summed E-state index contributed by atoms with van der Waals surface area (Å²) >= 11 is 6.00. The molecular weight excluding hydrogens is 354 g/mol. The first-order valence-corrected chi connectivity index (χ1v) is 8.27. The van der Waals surface area contributed by atoms with E-state index in [2.05, 4.69) is 10.4 Å². The van der Waals surface area contributed by atoms with Crippen molar-refractivity contribution in [3.63, 3.8) is 0 Å². The number of carbonyl (C=O) groups excluding carboxylic acids is 1. The van der Waals surface area contributed by atoms with Crippen LogP contribution in [0.15, 0.2) is 54.9 Å². The second-order valence-electron chi connectivity index (χ2n) is 5.58. The molecule has 0 aliphatic rings. The summed E-state index contributed by atoms with van der Waals surface area (Å²) in [5, 5.41) is 7.76. The Bertz CT molecular complexity index is 924. The first-order chi connectivity index (χ1) is 12.6. The van der Waals surface area contributed by atoms with Gasteiger partial charge in [0.05, 0.1) is 38.2 Å². The van der Waals surface area contributed by atoms with Crippen LogP contribution in [0.5, 0.6) is 11.5 Å². The van der Waals surface area contributed by atoms with Crippen molar-refractivity contribution in [2.24, 2.45) is 0 Å². The molecule has 0 fully saturated rings. The van der Waals surface area contributed by atoms with Crippen LogP contribution < -0.4 is 14.8 Å². The van der Waals surface area contributed by atoms with E-state index in [0.717, 1.165) is 5.56 Å². The average molecular weight is 372 g/mol. The van der Waals surface area contributed by atoms with Crippen molar-refractivity contribution in [1.82, 2.24) is 9.78 Å². The zero-order chi connectivity index (χ0) is 18.5. The minimum Gasteiger partial charge on any atom is -0.497 e. The quantitative estimate of drug-likeness (QED) is 0.714. The number of aromatic nitrogens is 2. The van der Waals surface area contributed by atoms with E-state index >= 15 is 0 Å². The van der Waals surface area contributed by atoms with E-state index in [1.54, 1.807) is 42.4 Å². The van der Waals surface area contributed by atoms with Gasteiger partial charge in [-0.05, 0) is 29.8 Å². The molecule has 7 heteroatoms. The Labute approximate surface area is 156 Å². The van der Waals surface area contributed by atoms with Crippen molar-refractivity contribution < 1.29 is 14.3 Å². The van der Waals surface area contributed by atoms with Crippen molar-refractivity contribution in [1.29, 1.82) is 0 Å². The number of carbonyl (C=O) groups is 1. The molecule has 3 aromatic rings. The van der Waals surface area contributed by atoms with Gasteiger partial charge in [-0.15, -0.1) is 0 Å². The van der Waals surface area contributed by atoms with Gasteiger partial charge in [0.25, 0.3) is 5.91 Å². The molecule has 0 saturated carbocycles. The fourth-order valence-electron chi connectivity index (χ4n) is 2.52. The number of ether oxygens (including phenoxy) is 2. The minimum absolute atomic E-state index is 0.285. The van der Waals surface area contributed by atoms with E-state index in [9.17, 15) is 4.79 Å². The molecule has 0 atom stereocenters. The number of halogens is 1. The third-order valence-corrected chi connectivity index (χ3v) is 4.01. The van der Waals surface area contributed by atoms with Gasteiger partial charge in [-0.25, -0.2) is 0 Å². The fourth-order valence-corrected chi connectivity index (χ4v) is 2.73. The highest BCUT2D eigenvalue weighted by molar-refractivity contribution is 6.30. The van der Waals surface area contributed by atoms with Crippen LogP contribution in [0.2, 0.25) is 5.02 Å². The Morgan fingerprint density at radius 1 is 1.19 bits per heavy atom. The van der Waals surface area contributed by atoms with Gasteiger partial charge < -0.3 is 14.8 Å². The third-order valence-electron chi connectivity index (χ3n) is 3.78. The maximum absolute atomic E-state index is 12.5. The molecule has 134 valence electrons. The van der Waals surface area contributed by atoms with Crippen LogP contribution in [0.4, 0.5) is 5.69 Å². The Morgan fingerprint density at radius 2 is 2.04 bits per heavy atom. The second-order valence-corrected chi connectivity index (χ2v) is 6.01. The molecule has 6 nitrogen and oxygen atoms in total. The summed E-state index contributed by atoms with van der Waals surface area (Å²) in [6.45, 7) is 0.558. The summed E-state index contributed by atoms with van der Waals surface area (Å²) in [4.78, 5) is 12.5. The van der Waals surface area contributed by atoms with E-state index in [0.29, 0.717) is 34.3 Å². The number of amides is 1. The highest BCUT2D eigenvalue weighted by Gasteiger charge is 2.14. The molecule has 1 heterocycles. The average Bonchev–Trinajstić information content (AvgIpc) is 3.07. The molecule has 0 spiro atoms. The Balaban J connectivity index is 1.72. The van der Waals surface area contributed by atoms with Gasteiger partial charge in [0.1, 0.15) is 11.5 Å². The van der Waals surface area contributed by atoms with Gasteiger partial charge in [-0.3, -0.25) is 9.48 Å². The number of benzene rings is 2. The number of anilines is 1. The highest BCUT2D eigenvalue weighted by atomic mass is 35.5. The van der Waals surface area contributed by atoms with Crippen molar-refractivity contribution in [2.75, 3.05) is 19.5 Å². The second kappa shape index (κ2) is 7.93. The van der Waals surface area contributed by atoms with Crippen LogP contribution in [0.25, 0.3) is 0 Å². The topological polar surface area (TPSA) is 65.4 Å². The molecular formula is C19H18ClN3O3. The van der Waals surface area contributed by atoms with E-state index in [1.165, 1.54) is 7.11 Å². The SMILES string of the molecule is COc1ccc(C(=O)Nc2cnn(Cc3cccc(Cl)c3)c2)c(OC)c1. The predicted octanol–water partition coefficient (Wildman–Crippen LogP) is 3.85. The molecule has 2 aromatic carbocycles. The molecule has 1 N–H and O–H groups in total. The van der Waals surface area contributed by atoms with E-state index in [1.807, 2.05) is 24.3 Å². The molecule has 0 bridgehead atoms. The van der Waals surface area contributed by atoms with E-state index in [4.69, 9.17) is 21.1 Å². The molecule has 1 amide bonds. The summed E-state index contributed by atoms with van der Waals surface area (Å²) in [6, 6.07) is 12.6. The highest BCUT2D eigenvalue weighted by Crippen LogP contribution is 2.25. The summed E-state index contributed by atoms with van der Waals surface area (Å²) in [6.07, 6.45) is 3.35. The lowest BCUT2D eigenvalue weighted by atomic mass is 10.1. The van der Waals surface area contributed by atoms with Crippen LogP contribution >= 0.6 is 11.6 Å². The van der Waals surface area contributed by atoms with Crippen molar-refractivity contribution in [3.8, 4) is 11.5 Å². The smallest absolute Gasteiger partial charge is 0.259 e. The van der Waals surface area contributed by atoms with Crippen LogP contribution in [0, 0.1) is 0 Å². The minimum atomic E-state index is -0.285. The monoisotopic (exact) mass is 371 g/mol. The first-order valence-electron chi connectivity index (χ1n) is 7.89. The molecule has 0 unspecified atom stereocenters. The molecule has 0 aliphatic heterocycles. The fraction of sp³-hybridized carbons (Fsp3) is 0.158. The first kappa shape index (κ1) is 17.8. The number of nitrogens with zero attached hydrogens (tertiary/aromatic N) is 2. The predicted molar refractivity (Wildman–Crippen MR) is 100 cm³/mol. The lowest BCUT2D eigenvalue weighted by Crippen LogP contribution is -2.13. The summed E-state index contributed by atoms with van der Waals surface area (Å²) in [5.74, 6) is 0.771. The van der Waals surface area contributed by atoms with E-state index < -0.39 is 0 Å². The lowest BCUT2D eigenvalue weighted by molar-refractivity contribution is 0.102. The maximum atomic E-state index is 12.5. The largest absolute Gasteiger partial charge is 0.497 e. The van der Waals surface area contributed by atoms with Crippen molar-refractivity contribution in [3.05, 3.63) is 71.0 Å². The summed E-state index contributed by atoms with van der Waals surface area (Å²) < 4.78 is 12.1. The Hall–Kier alpha value is -2.99. The number of rotatable bonds is 6. The van der Waals surface area contributed by atoms with Gasteiger partial charge in [-0.1, -0.05) is 23.7 Å². The zero-order valence-corrected chi connectivity index (χ0v) is 15.2. The van der Waals surface area contributed by atoms with E-state index in [-0.39, 0.29) is 5.91 Å².